The molecule has 0 amide bonds. The fourth-order valence-corrected chi connectivity index (χ4v) is 2.98. The zero-order valence-corrected chi connectivity index (χ0v) is 11.5. The Bertz CT molecular complexity index is 575. The van der Waals surface area contributed by atoms with E-state index in [1.807, 2.05) is 6.92 Å². The third-order valence-corrected chi connectivity index (χ3v) is 4.92. The van der Waals surface area contributed by atoms with Crippen molar-refractivity contribution in [2.45, 2.75) is 37.6 Å². The number of carbonyl (C=O) groups is 1. The van der Waals surface area contributed by atoms with Crippen LogP contribution in [0.3, 0.4) is 0 Å². The Morgan fingerprint density at radius 1 is 1.58 bits per heavy atom. The highest BCUT2D eigenvalue weighted by atomic mass is 32.2. The number of sulfonamides is 1. The summed E-state index contributed by atoms with van der Waals surface area (Å²) < 4.78 is 27.7. The van der Waals surface area contributed by atoms with E-state index in [0.717, 1.165) is 30.1 Å². The molecule has 1 saturated carbocycles. The first kappa shape index (κ1) is 14.0. The van der Waals surface area contributed by atoms with Crippen LogP contribution in [0.25, 0.3) is 0 Å². The smallest absolute Gasteiger partial charge is 0.325 e. The molecule has 0 aliphatic heterocycles. The van der Waals surface area contributed by atoms with Crippen molar-refractivity contribution in [1.82, 2.24) is 14.5 Å². The molecule has 0 radical (unpaired) electrons. The maximum Gasteiger partial charge on any atom is 0.325 e. The molecule has 8 heteroatoms. The third kappa shape index (κ3) is 3.32. The zero-order chi connectivity index (χ0) is 14.1. The van der Waals surface area contributed by atoms with Gasteiger partial charge in [-0.1, -0.05) is 6.92 Å². The lowest BCUT2D eigenvalue weighted by Gasteiger charge is -2.12. The molecule has 1 heterocycles. The predicted molar refractivity (Wildman–Crippen MR) is 67.0 cm³/mol. The summed E-state index contributed by atoms with van der Waals surface area (Å²) >= 11 is 0. The average molecular weight is 287 g/mol. The van der Waals surface area contributed by atoms with Crippen molar-refractivity contribution in [3.63, 3.8) is 0 Å². The fraction of sp³-hybridized carbons (Fsp3) is 0.636. The molecule has 1 aromatic heterocycles. The van der Waals surface area contributed by atoms with Gasteiger partial charge in [0.15, 0.2) is 0 Å². The number of nitrogens with one attached hydrogen (secondary N) is 1. The highest BCUT2D eigenvalue weighted by molar-refractivity contribution is 7.89. The van der Waals surface area contributed by atoms with Crippen LogP contribution in [-0.4, -0.2) is 35.8 Å². The number of rotatable bonds is 7. The van der Waals surface area contributed by atoms with Crippen LogP contribution in [0.1, 0.15) is 26.2 Å². The fourth-order valence-electron chi connectivity index (χ4n) is 1.87. The summed E-state index contributed by atoms with van der Waals surface area (Å²) in [4.78, 5) is 10.5. The van der Waals surface area contributed by atoms with Crippen LogP contribution in [-0.2, 0) is 21.4 Å². The van der Waals surface area contributed by atoms with Gasteiger partial charge in [-0.3, -0.25) is 9.48 Å². The number of hydrogen-bond donors (Lipinski definition) is 2. The molecular weight excluding hydrogens is 270 g/mol. The molecule has 106 valence electrons. The summed E-state index contributed by atoms with van der Waals surface area (Å²) in [6.07, 6.45) is 5.43. The number of carboxylic acids is 1. The van der Waals surface area contributed by atoms with E-state index in [9.17, 15) is 13.2 Å². The number of nitrogens with zero attached hydrogens (tertiary/aromatic N) is 2. The third-order valence-electron chi connectivity index (χ3n) is 3.56. The zero-order valence-electron chi connectivity index (χ0n) is 10.7. The molecule has 0 bridgehead atoms. The van der Waals surface area contributed by atoms with E-state index in [1.54, 1.807) is 0 Å². The van der Waals surface area contributed by atoms with Gasteiger partial charge in [0.25, 0.3) is 0 Å². The van der Waals surface area contributed by atoms with Gasteiger partial charge in [-0.15, -0.1) is 0 Å². The Morgan fingerprint density at radius 2 is 2.26 bits per heavy atom. The average Bonchev–Trinajstić information content (AvgIpc) is 2.98. The van der Waals surface area contributed by atoms with E-state index in [1.165, 1.54) is 6.20 Å². The Hall–Kier alpha value is -1.41. The Labute approximate surface area is 111 Å². The minimum absolute atomic E-state index is 0.000605. The van der Waals surface area contributed by atoms with Crippen LogP contribution in [0.15, 0.2) is 17.3 Å². The first-order chi connectivity index (χ1) is 8.87. The Morgan fingerprint density at radius 3 is 2.79 bits per heavy atom. The van der Waals surface area contributed by atoms with Gasteiger partial charge in [-0.05, 0) is 24.7 Å². The monoisotopic (exact) mass is 287 g/mol. The van der Waals surface area contributed by atoms with E-state index < -0.39 is 16.0 Å². The van der Waals surface area contributed by atoms with Gasteiger partial charge in [0, 0.05) is 12.7 Å². The standard InChI is InChI=1S/C11H17N3O4S/c1-2-11(3-4-11)8-13-19(17,18)9-5-12-14(6-9)7-10(15)16/h5-6,13H,2-4,7-8H2,1H3,(H,15,16). The van der Waals surface area contributed by atoms with E-state index in [2.05, 4.69) is 9.82 Å². The van der Waals surface area contributed by atoms with Gasteiger partial charge >= 0.3 is 5.97 Å². The van der Waals surface area contributed by atoms with Crippen molar-refractivity contribution < 1.29 is 18.3 Å². The minimum atomic E-state index is -3.60. The molecule has 19 heavy (non-hydrogen) atoms. The van der Waals surface area contributed by atoms with Crippen molar-refractivity contribution in [3.8, 4) is 0 Å². The molecule has 0 saturated heterocycles. The number of aliphatic carboxylic acids is 1. The first-order valence-corrected chi connectivity index (χ1v) is 7.59. The summed E-state index contributed by atoms with van der Waals surface area (Å²) in [6, 6.07) is 0. The van der Waals surface area contributed by atoms with Crippen LogP contribution in [0.2, 0.25) is 0 Å². The van der Waals surface area contributed by atoms with Crippen molar-refractivity contribution in [2.24, 2.45) is 5.41 Å². The Balaban J connectivity index is 2.02. The van der Waals surface area contributed by atoms with E-state index in [-0.39, 0.29) is 16.9 Å². The molecule has 0 unspecified atom stereocenters. The molecule has 1 aliphatic rings. The lowest BCUT2D eigenvalue weighted by atomic mass is 10.1. The quantitative estimate of drug-likeness (QED) is 0.757. The van der Waals surface area contributed by atoms with Gasteiger partial charge in [0.1, 0.15) is 11.4 Å². The summed E-state index contributed by atoms with van der Waals surface area (Å²) in [6.45, 7) is 2.12. The largest absolute Gasteiger partial charge is 0.480 e. The normalized spacial score (nSPS) is 17.3. The maximum absolute atomic E-state index is 12.0. The van der Waals surface area contributed by atoms with Crippen molar-refractivity contribution in [2.75, 3.05) is 6.54 Å². The van der Waals surface area contributed by atoms with Crippen LogP contribution in [0.5, 0.6) is 0 Å². The molecule has 0 aromatic carbocycles. The van der Waals surface area contributed by atoms with Crippen LogP contribution in [0.4, 0.5) is 0 Å². The second-order valence-corrected chi connectivity index (χ2v) is 6.71. The van der Waals surface area contributed by atoms with Crippen LogP contribution in [0, 0.1) is 5.41 Å². The number of hydrogen-bond acceptors (Lipinski definition) is 4. The minimum Gasteiger partial charge on any atom is -0.480 e. The maximum atomic E-state index is 12.0. The summed E-state index contributed by atoms with van der Waals surface area (Å²) in [7, 11) is -3.60. The van der Waals surface area contributed by atoms with Crippen molar-refractivity contribution in [1.29, 1.82) is 0 Å². The summed E-state index contributed by atoms with van der Waals surface area (Å²) in [5, 5.41) is 12.3. The van der Waals surface area contributed by atoms with Gasteiger partial charge in [0.2, 0.25) is 10.0 Å². The lowest BCUT2D eigenvalue weighted by molar-refractivity contribution is -0.137. The van der Waals surface area contributed by atoms with Crippen molar-refractivity contribution in [3.05, 3.63) is 12.4 Å². The van der Waals surface area contributed by atoms with Gasteiger partial charge < -0.3 is 5.11 Å². The highest BCUT2D eigenvalue weighted by Crippen LogP contribution is 2.48. The SMILES string of the molecule is CCC1(CNS(=O)(=O)c2cnn(CC(=O)O)c2)CC1. The van der Waals surface area contributed by atoms with Gasteiger partial charge in [-0.2, -0.15) is 5.10 Å². The second-order valence-electron chi connectivity index (χ2n) is 4.95. The topological polar surface area (TPSA) is 101 Å². The molecule has 0 atom stereocenters. The molecule has 1 aliphatic carbocycles. The molecule has 1 fully saturated rings. The van der Waals surface area contributed by atoms with Gasteiger partial charge in [-0.25, -0.2) is 13.1 Å². The predicted octanol–water partition coefficient (Wildman–Crippen LogP) is 0.436. The number of aromatic nitrogens is 2. The van der Waals surface area contributed by atoms with Crippen LogP contribution < -0.4 is 4.72 Å². The summed E-state index contributed by atoms with van der Waals surface area (Å²) in [5.41, 5.74) is 0.115. The first-order valence-electron chi connectivity index (χ1n) is 6.11. The van der Waals surface area contributed by atoms with Gasteiger partial charge in [0.05, 0.1) is 6.20 Å². The van der Waals surface area contributed by atoms with E-state index in [4.69, 9.17) is 5.11 Å². The lowest BCUT2D eigenvalue weighted by Crippen LogP contribution is -2.29. The van der Waals surface area contributed by atoms with E-state index in [0.29, 0.717) is 6.54 Å². The molecular formula is C11H17N3O4S. The molecule has 1 aromatic rings. The molecule has 0 spiro atoms. The van der Waals surface area contributed by atoms with Crippen molar-refractivity contribution >= 4 is 16.0 Å². The van der Waals surface area contributed by atoms with E-state index >= 15 is 0 Å². The molecule has 2 rings (SSSR count). The highest BCUT2D eigenvalue weighted by Gasteiger charge is 2.41. The Kier molecular flexibility index (Phi) is 3.64. The van der Waals surface area contributed by atoms with Crippen LogP contribution >= 0.6 is 0 Å². The molecule has 2 N–H and O–H groups in total. The summed E-state index contributed by atoms with van der Waals surface area (Å²) in [5.74, 6) is -1.07. The second kappa shape index (κ2) is 4.93. The molecule has 7 nitrogen and oxygen atoms in total. The number of carboxylic acid groups (broad SMARTS) is 1.